The minimum atomic E-state index is -0.0347. The predicted octanol–water partition coefficient (Wildman–Crippen LogP) is 3.35. The minimum Gasteiger partial charge on any atom is -0.329 e. The maximum Gasteiger partial charge on any atom is 0.241 e. The number of carbonyl (C=O) groups excluding carboxylic acids is 1. The topological polar surface area (TPSA) is 32.3 Å². The summed E-state index contributed by atoms with van der Waals surface area (Å²) in [6, 6.07) is 10.2. The van der Waals surface area contributed by atoms with Crippen LogP contribution in [0.15, 0.2) is 30.3 Å². The fourth-order valence-electron chi connectivity index (χ4n) is 2.89. The molecule has 1 aromatic rings. The molecular weight excluding hydrogens is 260 g/mol. The van der Waals surface area contributed by atoms with E-state index >= 15 is 0 Å². The molecule has 0 aliphatic carbocycles. The van der Waals surface area contributed by atoms with Crippen LogP contribution in [0.3, 0.4) is 0 Å². The zero-order valence-electron chi connectivity index (χ0n) is 13.2. The van der Waals surface area contributed by atoms with Crippen LogP contribution in [0.1, 0.15) is 51.0 Å². The van der Waals surface area contributed by atoms with Crippen LogP contribution in [-0.2, 0) is 11.2 Å². The third-order valence-corrected chi connectivity index (χ3v) is 4.20. The van der Waals surface area contributed by atoms with Crippen molar-refractivity contribution in [2.45, 2.75) is 57.9 Å². The number of rotatable bonds is 9. The van der Waals surface area contributed by atoms with Crippen LogP contribution in [0.25, 0.3) is 0 Å². The van der Waals surface area contributed by atoms with Crippen molar-refractivity contribution >= 4 is 5.91 Å². The number of nitrogens with one attached hydrogen (secondary N) is 1. The Morgan fingerprint density at radius 3 is 2.57 bits per heavy atom. The first kappa shape index (κ1) is 16.0. The van der Waals surface area contributed by atoms with Gasteiger partial charge < -0.3 is 4.90 Å². The molecule has 1 aromatic carbocycles. The maximum absolute atomic E-state index is 12.3. The number of benzene rings is 1. The molecule has 1 heterocycles. The minimum absolute atomic E-state index is 0.0347. The summed E-state index contributed by atoms with van der Waals surface area (Å²) < 4.78 is 0. The molecule has 1 unspecified atom stereocenters. The lowest BCUT2D eigenvalue weighted by molar-refractivity contribution is -0.128. The van der Waals surface area contributed by atoms with Gasteiger partial charge in [0.05, 0.1) is 12.7 Å². The monoisotopic (exact) mass is 288 g/mol. The van der Waals surface area contributed by atoms with Crippen molar-refractivity contribution in [2.75, 3.05) is 13.2 Å². The molecule has 1 atom stereocenters. The fourth-order valence-corrected chi connectivity index (χ4v) is 2.89. The first-order valence-corrected chi connectivity index (χ1v) is 8.37. The van der Waals surface area contributed by atoms with Crippen molar-refractivity contribution in [3.05, 3.63) is 35.9 Å². The molecule has 3 heteroatoms. The highest BCUT2D eigenvalue weighted by Gasteiger charge is 2.30. The van der Waals surface area contributed by atoms with Gasteiger partial charge in [-0.25, -0.2) is 0 Å². The van der Waals surface area contributed by atoms with Gasteiger partial charge in [0.15, 0.2) is 0 Å². The van der Waals surface area contributed by atoms with Gasteiger partial charge in [0.1, 0.15) is 0 Å². The summed E-state index contributed by atoms with van der Waals surface area (Å²) in [6.07, 6.45) is 8.43. The van der Waals surface area contributed by atoms with Crippen LogP contribution in [-0.4, -0.2) is 30.1 Å². The Kier molecular flexibility index (Phi) is 6.74. The lowest BCUT2D eigenvalue weighted by Gasteiger charge is -2.15. The molecule has 21 heavy (non-hydrogen) atoms. The molecule has 1 aliphatic heterocycles. The molecule has 3 nitrogen and oxygen atoms in total. The molecule has 116 valence electrons. The molecule has 1 amide bonds. The Morgan fingerprint density at radius 2 is 1.81 bits per heavy atom. The van der Waals surface area contributed by atoms with Crippen LogP contribution in [0.2, 0.25) is 0 Å². The SMILES string of the molecule is CCCCCCCCN1CNC(Cc2ccccc2)C1=O. The molecule has 0 spiro atoms. The van der Waals surface area contributed by atoms with Crippen molar-refractivity contribution in [3.8, 4) is 0 Å². The number of amides is 1. The van der Waals surface area contributed by atoms with E-state index in [-0.39, 0.29) is 11.9 Å². The molecule has 1 fully saturated rings. The normalized spacial score (nSPS) is 18.4. The largest absolute Gasteiger partial charge is 0.329 e. The summed E-state index contributed by atoms with van der Waals surface area (Å²) in [6.45, 7) is 3.86. The van der Waals surface area contributed by atoms with Gasteiger partial charge >= 0.3 is 0 Å². The Morgan fingerprint density at radius 1 is 1.10 bits per heavy atom. The number of unbranched alkanes of at least 4 members (excludes halogenated alkanes) is 5. The summed E-state index contributed by atoms with van der Waals surface area (Å²) in [5, 5.41) is 3.34. The van der Waals surface area contributed by atoms with Crippen molar-refractivity contribution in [1.82, 2.24) is 10.2 Å². The van der Waals surface area contributed by atoms with E-state index in [0.29, 0.717) is 6.67 Å². The highest BCUT2D eigenvalue weighted by molar-refractivity contribution is 5.84. The molecule has 0 bridgehead atoms. The molecule has 1 aliphatic rings. The molecule has 0 aromatic heterocycles. The zero-order chi connectivity index (χ0) is 14.9. The van der Waals surface area contributed by atoms with Crippen molar-refractivity contribution in [3.63, 3.8) is 0 Å². The summed E-state index contributed by atoms with van der Waals surface area (Å²) in [4.78, 5) is 14.3. The van der Waals surface area contributed by atoms with Crippen LogP contribution >= 0.6 is 0 Å². The van der Waals surface area contributed by atoms with Crippen LogP contribution in [0, 0.1) is 0 Å². The van der Waals surface area contributed by atoms with E-state index in [2.05, 4.69) is 24.4 Å². The van der Waals surface area contributed by atoms with E-state index in [4.69, 9.17) is 0 Å². The second-order valence-corrected chi connectivity index (χ2v) is 5.97. The fraction of sp³-hybridized carbons (Fsp3) is 0.611. The lowest BCUT2D eigenvalue weighted by Crippen LogP contribution is -2.32. The van der Waals surface area contributed by atoms with Gasteiger partial charge in [-0.15, -0.1) is 0 Å². The van der Waals surface area contributed by atoms with Gasteiger partial charge in [-0.2, -0.15) is 0 Å². The second kappa shape index (κ2) is 8.83. The molecule has 1 N–H and O–H groups in total. The summed E-state index contributed by atoms with van der Waals surface area (Å²) >= 11 is 0. The summed E-state index contributed by atoms with van der Waals surface area (Å²) in [5.41, 5.74) is 1.23. The first-order valence-electron chi connectivity index (χ1n) is 8.37. The Labute approximate surface area is 128 Å². The highest BCUT2D eigenvalue weighted by Crippen LogP contribution is 2.12. The smallest absolute Gasteiger partial charge is 0.241 e. The van der Waals surface area contributed by atoms with E-state index in [1.807, 2.05) is 23.1 Å². The average molecular weight is 288 g/mol. The zero-order valence-corrected chi connectivity index (χ0v) is 13.2. The van der Waals surface area contributed by atoms with Gasteiger partial charge in [-0.3, -0.25) is 10.1 Å². The second-order valence-electron chi connectivity index (χ2n) is 5.97. The Hall–Kier alpha value is -1.35. The van der Waals surface area contributed by atoms with E-state index in [0.717, 1.165) is 19.4 Å². The Bertz CT molecular complexity index is 418. The predicted molar refractivity (Wildman–Crippen MR) is 87.0 cm³/mol. The van der Waals surface area contributed by atoms with Crippen LogP contribution < -0.4 is 5.32 Å². The van der Waals surface area contributed by atoms with E-state index in [9.17, 15) is 4.79 Å². The van der Waals surface area contributed by atoms with Crippen LogP contribution in [0.5, 0.6) is 0 Å². The third-order valence-electron chi connectivity index (χ3n) is 4.20. The summed E-state index contributed by atoms with van der Waals surface area (Å²) in [5.74, 6) is 0.271. The standard InChI is InChI=1S/C18H28N2O/c1-2-3-4-5-6-10-13-20-15-19-17(18(20)21)14-16-11-8-7-9-12-16/h7-9,11-12,17,19H,2-6,10,13-15H2,1H3. The lowest BCUT2D eigenvalue weighted by atomic mass is 10.1. The summed E-state index contributed by atoms with van der Waals surface area (Å²) in [7, 11) is 0. The molecule has 0 saturated carbocycles. The van der Waals surface area contributed by atoms with Gasteiger partial charge in [0.25, 0.3) is 0 Å². The van der Waals surface area contributed by atoms with Crippen LogP contribution in [0.4, 0.5) is 0 Å². The highest BCUT2D eigenvalue weighted by atomic mass is 16.2. The van der Waals surface area contributed by atoms with Gasteiger partial charge in [-0.05, 0) is 18.4 Å². The van der Waals surface area contributed by atoms with E-state index < -0.39 is 0 Å². The average Bonchev–Trinajstić information content (AvgIpc) is 2.85. The van der Waals surface area contributed by atoms with Gasteiger partial charge in [0.2, 0.25) is 5.91 Å². The first-order chi connectivity index (χ1) is 10.3. The van der Waals surface area contributed by atoms with Crippen molar-refractivity contribution in [2.24, 2.45) is 0 Å². The molecular formula is C18H28N2O. The third kappa shape index (κ3) is 5.16. The van der Waals surface area contributed by atoms with Crippen molar-refractivity contribution < 1.29 is 4.79 Å². The van der Waals surface area contributed by atoms with Gasteiger partial charge in [0, 0.05) is 6.54 Å². The molecule has 0 radical (unpaired) electrons. The number of hydrogen-bond acceptors (Lipinski definition) is 2. The van der Waals surface area contributed by atoms with Gasteiger partial charge in [-0.1, -0.05) is 69.4 Å². The number of hydrogen-bond donors (Lipinski definition) is 1. The molecule has 2 rings (SSSR count). The molecule has 1 saturated heterocycles. The van der Waals surface area contributed by atoms with Crippen molar-refractivity contribution in [1.29, 1.82) is 0 Å². The quantitative estimate of drug-likeness (QED) is 0.707. The number of carbonyl (C=O) groups is 1. The maximum atomic E-state index is 12.3. The van der Waals surface area contributed by atoms with E-state index in [1.54, 1.807) is 0 Å². The van der Waals surface area contributed by atoms with E-state index in [1.165, 1.54) is 37.7 Å². The Balaban J connectivity index is 1.67. The number of nitrogens with zero attached hydrogens (tertiary/aromatic N) is 1.